The summed E-state index contributed by atoms with van der Waals surface area (Å²) in [6.45, 7) is 7.87. The van der Waals surface area contributed by atoms with E-state index in [1.165, 1.54) is 0 Å². The average molecular weight is 269 g/mol. The van der Waals surface area contributed by atoms with E-state index in [-0.39, 0.29) is 17.7 Å². The summed E-state index contributed by atoms with van der Waals surface area (Å²) in [5, 5.41) is 3.08. The molecule has 0 fully saturated rings. The molecule has 1 atom stereocenters. The van der Waals surface area contributed by atoms with Gasteiger partial charge in [-0.05, 0) is 38.4 Å². The molecule has 1 rings (SSSR count). The van der Waals surface area contributed by atoms with Crippen LogP contribution in [0.15, 0.2) is 23.1 Å². The maximum absolute atomic E-state index is 12.4. The number of hydrogen-bond acceptors (Lipinski definition) is 3. The molecule has 0 heterocycles. The van der Waals surface area contributed by atoms with Crippen molar-refractivity contribution in [1.29, 1.82) is 0 Å². The highest BCUT2D eigenvalue weighted by atomic mass is 32.2. The average Bonchev–Trinajstić information content (AvgIpc) is 2.24. The first-order valence-corrected chi connectivity index (χ1v) is 7.90. The third kappa shape index (κ3) is 3.56. The second-order valence-corrected chi connectivity index (χ2v) is 7.19. The normalized spacial score (nSPS) is 13.9. The van der Waals surface area contributed by atoms with Crippen molar-refractivity contribution in [3.63, 3.8) is 0 Å². The third-order valence-electron chi connectivity index (χ3n) is 3.24. The van der Waals surface area contributed by atoms with E-state index < -0.39 is 9.84 Å². The lowest BCUT2D eigenvalue weighted by molar-refractivity contribution is 0.455. The minimum atomic E-state index is -3.23. The van der Waals surface area contributed by atoms with E-state index in [1.807, 2.05) is 46.9 Å². The van der Waals surface area contributed by atoms with Crippen molar-refractivity contribution in [1.82, 2.24) is 5.32 Å². The molecule has 0 aliphatic rings. The molecule has 0 saturated heterocycles. The molecule has 4 heteroatoms. The molecule has 1 N–H and O–H groups in total. The highest BCUT2D eigenvalue weighted by Gasteiger charge is 2.23. The number of benzene rings is 1. The fourth-order valence-electron chi connectivity index (χ4n) is 2.08. The maximum atomic E-state index is 12.4. The molecule has 0 aliphatic heterocycles. The minimum absolute atomic E-state index is 0.0179. The van der Waals surface area contributed by atoms with Crippen LogP contribution in [0.5, 0.6) is 0 Å². The lowest BCUT2D eigenvalue weighted by atomic mass is 10.1. The van der Waals surface area contributed by atoms with E-state index in [0.717, 1.165) is 11.1 Å². The first-order chi connectivity index (χ1) is 8.27. The lowest BCUT2D eigenvalue weighted by Gasteiger charge is -2.20. The molecule has 3 nitrogen and oxygen atoms in total. The Morgan fingerprint density at radius 3 is 2.28 bits per heavy atom. The molecule has 0 bridgehead atoms. The molecule has 0 saturated carbocycles. The van der Waals surface area contributed by atoms with Gasteiger partial charge in [-0.25, -0.2) is 8.42 Å². The summed E-state index contributed by atoms with van der Waals surface area (Å²) in [6.07, 6.45) is 0. The van der Waals surface area contributed by atoms with E-state index in [0.29, 0.717) is 4.90 Å². The van der Waals surface area contributed by atoms with Gasteiger partial charge in [-0.15, -0.1) is 0 Å². The van der Waals surface area contributed by atoms with Gasteiger partial charge in [0.2, 0.25) is 0 Å². The lowest BCUT2D eigenvalue weighted by Crippen LogP contribution is -2.37. The minimum Gasteiger partial charge on any atom is -0.316 e. The Morgan fingerprint density at radius 2 is 1.83 bits per heavy atom. The Kier molecular flexibility index (Phi) is 4.93. The SMILES string of the molecule is CNC(CS(=O)(=O)c1ccc(C)cc1C)C(C)C. The predicted octanol–water partition coefficient (Wildman–Crippen LogP) is 2.32. The summed E-state index contributed by atoms with van der Waals surface area (Å²) in [5.41, 5.74) is 1.91. The van der Waals surface area contributed by atoms with Crippen molar-refractivity contribution in [2.75, 3.05) is 12.8 Å². The van der Waals surface area contributed by atoms with E-state index in [1.54, 1.807) is 6.07 Å². The van der Waals surface area contributed by atoms with Gasteiger partial charge in [0.15, 0.2) is 9.84 Å². The summed E-state index contributed by atoms with van der Waals surface area (Å²) >= 11 is 0. The van der Waals surface area contributed by atoms with Gasteiger partial charge >= 0.3 is 0 Å². The molecule has 18 heavy (non-hydrogen) atoms. The Balaban J connectivity index is 3.06. The Morgan fingerprint density at radius 1 is 1.22 bits per heavy atom. The van der Waals surface area contributed by atoms with Crippen molar-refractivity contribution in [3.05, 3.63) is 29.3 Å². The Labute approximate surface area is 111 Å². The van der Waals surface area contributed by atoms with E-state index in [4.69, 9.17) is 0 Å². The van der Waals surface area contributed by atoms with Crippen LogP contribution in [0.1, 0.15) is 25.0 Å². The van der Waals surface area contributed by atoms with Crippen LogP contribution >= 0.6 is 0 Å². The summed E-state index contributed by atoms with van der Waals surface area (Å²) in [5.74, 6) is 0.431. The number of aryl methyl sites for hydroxylation is 2. The molecule has 0 aliphatic carbocycles. The molecule has 1 aromatic carbocycles. The summed E-state index contributed by atoms with van der Waals surface area (Å²) < 4.78 is 24.8. The maximum Gasteiger partial charge on any atom is 0.180 e. The number of hydrogen-bond donors (Lipinski definition) is 1. The first-order valence-electron chi connectivity index (χ1n) is 6.25. The zero-order valence-corrected chi connectivity index (χ0v) is 12.6. The van der Waals surface area contributed by atoms with Crippen molar-refractivity contribution in [2.24, 2.45) is 5.92 Å². The fourth-order valence-corrected chi connectivity index (χ4v) is 4.11. The van der Waals surface area contributed by atoms with E-state index >= 15 is 0 Å². The molecule has 0 aromatic heterocycles. The topological polar surface area (TPSA) is 46.2 Å². The van der Waals surface area contributed by atoms with E-state index in [9.17, 15) is 8.42 Å². The van der Waals surface area contributed by atoms with Crippen LogP contribution in [0.25, 0.3) is 0 Å². The Hall–Kier alpha value is -0.870. The zero-order valence-electron chi connectivity index (χ0n) is 11.8. The zero-order chi connectivity index (χ0) is 13.9. The monoisotopic (exact) mass is 269 g/mol. The van der Waals surface area contributed by atoms with Crippen molar-refractivity contribution < 1.29 is 8.42 Å². The standard InChI is InChI=1S/C14H23NO2S/c1-10(2)13(15-5)9-18(16,17)14-7-6-11(3)8-12(14)4/h6-8,10,13,15H,9H2,1-5H3. The molecule has 0 radical (unpaired) electrons. The van der Waals surface area contributed by atoms with Gasteiger partial charge < -0.3 is 5.32 Å². The van der Waals surface area contributed by atoms with Crippen molar-refractivity contribution in [3.8, 4) is 0 Å². The van der Waals surface area contributed by atoms with E-state index in [2.05, 4.69) is 5.32 Å². The predicted molar refractivity (Wildman–Crippen MR) is 75.7 cm³/mol. The molecule has 0 amide bonds. The van der Waals surface area contributed by atoms with Crippen LogP contribution in [0, 0.1) is 19.8 Å². The molecule has 1 unspecified atom stereocenters. The van der Waals surface area contributed by atoms with Gasteiger partial charge in [-0.1, -0.05) is 31.5 Å². The fraction of sp³-hybridized carbons (Fsp3) is 0.571. The highest BCUT2D eigenvalue weighted by molar-refractivity contribution is 7.91. The van der Waals surface area contributed by atoms with Crippen molar-refractivity contribution >= 4 is 9.84 Å². The number of rotatable bonds is 5. The number of sulfone groups is 1. The van der Waals surface area contributed by atoms with Gasteiger partial charge in [0.1, 0.15) is 0 Å². The summed E-state index contributed by atoms with van der Waals surface area (Å²) in [6, 6.07) is 5.46. The largest absolute Gasteiger partial charge is 0.316 e. The van der Waals surface area contributed by atoms with Crippen LogP contribution in [-0.4, -0.2) is 27.3 Å². The smallest absolute Gasteiger partial charge is 0.180 e. The van der Waals surface area contributed by atoms with Gasteiger partial charge in [-0.3, -0.25) is 0 Å². The summed E-state index contributed by atoms with van der Waals surface area (Å²) in [4.78, 5) is 0.453. The van der Waals surface area contributed by atoms with Crippen LogP contribution < -0.4 is 5.32 Å². The summed E-state index contributed by atoms with van der Waals surface area (Å²) in [7, 11) is -1.42. The second-order valence-electron chi connectivity index (χ2n) is 5.19. The van der Waals surface area contributed by atoms with Crippen molar-refractivity contribution in [2.45, 2.75) is 38.6 Å². The third-order valence-corrected chi connectivity index (χ3v) is 5.17. The van der Waals surface area contributed by atoms with Gasteiger partial charge in [0.05, 0.1) is 10.6 Å². The molecule has 0 spiro atoms. The second kappa shape index (κ2) is 5.85. The van der Waals surface area contributed by atoms with Crippen LogP contribution in [-0.2, 0) is 9.84 Å². The quantitative estimate of drug-likeness (QED) is 0.892. The van der Waals surface area contributed by atoms with Crippen LogP contribution in [0.2, 0.25) is 0 Å². The molecule has 102 valence electrons. The van der Waals surface area contributed by atoms with Crippen LogP contribution in [0.3, 0.4) is 0 Å². The molecular formula is C14H23NO2S. The highest BCUT2D eigenvalue weighted by Crippen LogP contribution is 2.19. The van der Waals surface area contributed by atoms with Gasteiger partial charge in [0.25, 0.3) is 0 Å². The van der Waals surface area contributed by atoms with Gasteiger partial charge in [-0.2, -0.15) is 0 Å². The molecule has 1 aromatic rings. The molecular weight excluding hydrogens is 246 g/mol. The Bertz CT molecular complexity index is 507. The van der Waals surface area contributed by atoms with Crippen LogP contribution in [0.4, 0.5) is 0 Å². The number of nitrogens with one attached hydrogen (secondary N) is 1. The first kappa shape index (κ1) is 15.2. The van der Waals surface area contributed by atoms with Gasteiger partial charge in [0, 0.05) is 6.04 Å².